The fraction of sp³-hybridized carbons (Fsp3) is 0.294. The molecule has 0 unspecified atom stereocenters. The molecule has 0 aliphatic heterocycles. The van der Waals surface area contributed by atoms with Crippen LogP contribution in [0.1, 0.15) is 29.5 Å². The van der Waals surface area contributed by atoms with Gasteiger partial charge in [-0.05, 0) is 30.0 Å². The van der Waals surface area contributed by atoms with E-state index in [0.717, 1.165) is 31.4 Å². The van der Waals surface area contributed by atoms with Crippen LogP contribution in [0.4, 0.5) is 23.7 Å². The lowest BCUT2D eigenvalue weighted by atomic mass is 9.92. The van der Waals surface area contributed by atoms with Crippen molar-refractivity contribution in [2.75, 3.05) is 7.11 Å². The van der Waals surface area contributed by atoms with Crippen molar-refractivity contribution in [1.82, 2.24) is 4.98 Å². The molecule has 0 amide bonds. The highest BCUT2D eigenvalue weighted by molar-refractivity contribution is 5.63. The van der Waals surface area contributed by atoms with Gasteiger partial charge in [0, 0.05) is 23.9 Å². The third-order valence-electron chi connectivity index (χ3n) is 3.88. The van der Waals surface area contributed by atoms with Crippen molar-refractivity contribution in [3.8, 4) is 11.6 Å². The Hall–Kier alpha value is -3.37. The molecule has 150 valence electrons. The number of benzene rings is 1. The third kappa shape index (κ3) is 4.87. The van der Waals surface area contributed by atoms with Crippen LogP contribution in [-0.2, 0) is 12.6 Å². The zero-order chi connectivity index (χ0) is 21.1. The van der Waals surface area contributed by atoms with Crippen molar-refractivity contribution in [2.24, 2.45) is 0 Å². The Morgan fingerprint density at radius 2 is 2.04 bits per heavy atom. The van der Waals surface area contributed by atoms with Crippen LogP contribution in [0.2, 0.25) is 0 Å². The molecule has 2 aromatic rings. The Kier molecular flexibility index (Phi) is 6.06. The topological polar surface area (TPSA) is 112 Å². The first-order valence-electron chi connectivity index (χ1n) is 7.82. The number of hydrogen-bond donors (Lipinski definition) is 1. The average Bonchev–Trinajstić information content (AvgIpc) is 2.60. The number of nitro groups is 1. The summed E-state index contributed by atoms with van der Waals surface area (Å²) < 4.78 is 48.7. The molecule has 0 fully saturated rings. The zero-order valence-corrected chi connectivity index (χ0v) is 14.7. The number of halogens is 3. The standard InChI is InChI=1S/C17H15F3N2O6/c1-9(5-10-6-13(17(18,19)20)15(27-2)21-8-10)12-7-11(22(25)26)3-4-14(12)28-16(23)24/h3-4,6-9H,5H2,1-2H3,(H,23,24)/t9-/m0/s1. The van der Waals surface area contributed by atoms with Gasteiger partial charge in [-0.2, -0.15) is 13.2 Å². The van der Waals surface area contributed by atoms with Crippen molar-refractivity contribution < 1.29 is 37.5 Å². The number of nitro benzene ring substituents is 1. The van der Waals surface area contributed by atoms with E-state index in [4.69, 9.17) is 5.11 Å². The molecule has 1 N–H and O–H groups in total. The maximum atomic E-state index is 13.1. The Morgan fingerprint density at radius 3 is 2.57 bits per heavy atom. The minimum atomic E-state index is -4.68. The summed E-state index contributed by atoms with van der Waals surface area (Å²) in [6.07, 6.45) is -5.11. The van der Waals surface area contributed by atoms with E-state index >= 15 is 0 Å². The Morgan fingerprint density at radius 1 is 1.36 bits per heavy atom. The summed E-state index contributed by atoms with van der Waals surface area (Å²) in [4.78, 5) is 24.8. The predicted molar refractivity (Wildman–Crippen MR) is 89.7 cm³/mol. The van der Waals surface area contributed by atoms with Crippen LogP contribution in [0, 0.1) is 10.1 Å². The van der Waals surface area contributed by atoms with Gasteiger partial charge in [-0.3, -0.25) is 10.1 Å². The molecule has 1 atom stereocenters. The van der Waals surface area contributed by atoms with Gasteiger partial charge in [-0.25, -0.2) is 9.78 Å². The number of non-ortho nitro benzene ring substituents is 1. The van der Waals surface area contributed by atoms with Crippen molar-refractivity contribution in [3.63, 3.8) is 0 Å². The SMILES string of the molecule is COc1ncc(C[C@H](C)c2cc([N+](=O)[O-])ccc2OC(=O)O)cc1C(F)(F)F. The number of aromatic nitrogens is 1. The Labute approximate surface area is 156 Å². The molecule has 0 aliphatic rings. The van der Waals surface area contributed by atoms with Gasteiger partial charge in [0.2, 0.25) is 5.88 Å². The van der Waals surface area contributed by atoms with Gasteiger partial charge < -0.3 is 14.6 Å². The lowest BCUT2D eigenvalue weighted by Crippen LogP contribution is -2.11. The van der Waals surface area contributed by atoms with Crippen molar-refractivity contribution in [1.29, 1.82) is 0 Å². The maximum absolute atomic E-state index is 13.1. The van der Waals surface area contributed by atoms with E-state index in [2.05, 4.69) is 14.5 Å². The Bertz CT molecular complexity index is 901. The number of rotatable bonds is 6. The first kappa shape index (κ1) is 20.9. The summed E-state index contributed by atoms with van der Waals surface area (Å²) >= 11 is 0. The molecular weight excluding hydrogens is 385 g/mol. The third-order valence-corrected chi connectivity index (χ3v) is 3.88. The lowest BCUT2D eigenvalue weighted by molar-refractivity contribution is -0.385. The highest BCUT2D eigenvalue weighted by atomic mass is 19.4. The largest absolute Gasteiger partial charge is 0.511 e. The first-order chi connectivity index (χ1) is 13.0. The number of alkyl halides is 3. The van der Waals surface area contributed by atoms with Crippen molar-refractivity contribution in [3.05, 3.63) is 57.3 Å². The highest BCUT2D eigenvalue weighted by Gasteiger charge is 2.35. The molecule has 8 nitrogen and oxygen atoms in total. The first-order valence-corrected chi connectivity index (χ1v) is 7.82. The predicted octanol–water partition coefficient (Wildman–Crippen LogP) is 4.42. The summed E-state index contributed by atoms with van der Waals surface area (Å²) in [5, 5.41) is 19.8. The molecule has 0 radical (unpaired) electrons. The average molecular weight is 400 g/mol. The van der Waals surface area contributed by atoms with Gasteiger partial charge in [0.05, 0.1) is 12.0 Å². The molecule has 1 aromatic heterocycles. The second-order valence-electron chi connectivity index (χ2n) is 5.85. The molecule has 28 heavy (non-hydrogen) atoms. The lowest BCUT2D eigenvalue weighted by Gasteiger charge is -2.17. The summed E-state index contributed by atoms with van der Waals surface area (Å²) in [7, 11) is 1.07. The molecule has 0 saturated carbocycles. The molecule has 1 aromatic carbocycles. The van der Waals surface area contributed by atoms with Crippen LogP contribution in [0.3, 0.4) is 0 Å². The number of nitrogens with zero attached hydrogens (tertiary/aromatic N) is 2. The quantitative estimate of drug-likeness (QED) is 0.331. The fourth-order valence-electron chi connectivity index (χ4n) is 2.66. The normalized spacial score (nSPS) is 12.3. The number of pyridine rings is 1. The van der Waals surface area contributed by atoms with Crippen LogP contribution >= 0.6 is 0 Å². The zero-order valence-electron chi connectivity index (χ0n) is 14.7. The van der Waals surface area contributed by atoms with Crippen LogP contribution in [0.25, 0.3) is 0 Å². The molecule has 0 saturated heterocycles. The highest BCUT2D eigenvalue weighted by Crippen LogP contribution is 2.37. The van der Waals surface area contributed by atoms with Gasteiger partial charge >= 0.3 is 12.3 Å². The fourth-order valence-corrected chi connectivity index (χ4v) is 2.66. The van der Waals surface area contributed by atoms with Crippen molar-refractivity contribution >= 4 is 11.8 Å². The van der Waals surface area contributed by atoms with Gasteiger partial charge in [0.25, 0.3) is 5.69 Å². The monoisotopic (exact) mass is 400 g/mol. The number of carboxylic acid groups (broad SMARTS) is 1. The molecule has 0 bridgehead atoms. The molecule has 1 heterocycles. The number of ether oxygens (including phenoxy) is 2. The van der Waals surface area contributed by atoms with E-state index in [1.807, 2.05) is 0 Å². The van der Waals surface area contributed by atoms with E-state index < -0.39 is 34.6 Å². The minimum absolute atomic E-state index is 0.00276. The second-order valence-corrected chi connectivity index (χ2v) is 5.85. The van der Waals surface area contributed by atoms with E-state index in [1.165, 1.54) is 6.20 Å². The Balaban J connectivity index is 2.41. The van der Waals surface area contributed by atoms with Crippen LogP contribution in [-0.4, -0.2) is 28.3 Å². The van der Waals surface area contributed by atoms with E-state index in [0.29, 0.717) is 0 Å². The maximum Gasteiger partial charge on any atom is 0.511 e. The van der Waals surface area contributed by atoms with E-state index in [-0.39, 0.29) is 29.0 Å². The van der Waals surface area contributed by atoms with Gasteiger partial charge in [0.15, 0.2) is 0 Å². The van der Waals surface area contributed by atoms with Crippen LogP contribution < -0.4 is 9.47 Å². The van der Waals surface area contributed by atoms with E-state index in [9.17, 15) is 28.1 Å². The second kappa shape index (κ2) is 8.11. The van der Waals surface area contributed by atoms with E-state index in [1.54, 1.807) is 6.92 Å². The van der Waals surface area contributed by atoms with Gasteiger partial charge in [0.1, 0.15) is 11.3 Å². The molecule has 11 heteroatoms. The molecule has 0 aliphatic carbocycles. The minimum Gasteiger partial charge on any atom is -0.481 e. The number of hydrogen-bond acceptors (Lipinski definition) is 6. The summed E-state index contributed by atoms with van der Waals surface area (Å²) in [6.45, 7) is 1.57. The number of carbonyl (C=O) groups is 1. The smallest absolute Gasteiger partial charge is 0.481 e. The van der Waals surface area contributed by atoms with Gasteiger partial charge in [-0.1, -0.05) is 6.92 Å². The van der Waals surface area contributed by atoms with Crippen molar-refractivity contribution in [2.45, 2.75) is 25.4 Å². The summed E-state index contributed by atoms with van der Waals surface area (Å²) in [6, 6.07) is 4.21. The number of methoxy groups -OCH3 is 1. The molecule has 2 rings (SSSR count). The summed E-state index contributed by atoms with van der Waals surface area (Å²) in [5.41, 5.74) is -1.00. The van der Waals surface area contributed by atoms with Crippen LogP contribution in [0.5, 0.6) is 11.6 Å². The molecule has 0 spiro atoms. The van der Waals surface area contributed by atoms with Gasteiger partial charge in [-0.15, -0.1) is 0 Å². The summed E-state index contributed by atoms with van der Waals surface area (Å²) in [5.74, 6) is -1.32. The molecular formula is C17H15F3N2O6. The van der Waals surface area contributed by atoms with Crippen LogP contribution in [0.15, 0.2) is 30.5 Å².